The number of methoxy groups -OCH3 is 1. The lowest BCUT2D eigenvalue weighted by Crippen LogP contribution is -2.16. The summed E-state index contributed by atoms with van der Waals surface area (Å²) in [6, 6.07) is 15.1. The van der Waals surface area contributed by atoms with E-state index in [0.29, 0.717) is 12.6 Å². The van der Waals surface area contributed by atoms with Crippen LogP contribution in [0.15, 0.2) is 42.5 Å². The van der Waals surface area contributed by atoms with Gasteiger partial charge in [0.25, 0.3) is 0 Å². The molecular formula is C19H23NO2. The van der Waals surface area contributed by atoms with Crippen LogP contribution < -0.4 is 14.8 Å². The quantitative estimate of drug-likeness (QED) is 0.842. The highest BCUT2D eigenvalue weighted by atomic mass is 16.5. The molecule has 3 rings (SSSR count). The second kappa shape index (κ2) is 6.84. The molecule has 3 nitrogen and oxygen atoms in total. The van der Waals surface area contributed by atoms with Crippen molar-refractivity contribution in [3.8, 4) is 11.5 Å². The normalized spacial score (nSPS) is 13.9. The summed E-state index contributed by atoms with van der Waals surface area (Å²) in [7, 11) is 1.69. The van der Waals surface area contributed by atoms with E-state index in [0.717, 1.165) is 23.6 Å². The van der Waals surface area contributed by atoms with Gasteiger partial charge in [-0.25, -0.2) is 0 Å². The second-order valence-corrected chi connectivity index (χ2v) is 5.82. The Morgan fingerprint density at radius 3 is 2.55 bits per heavy atom. The van der Waals surface area contributed by atoms with E-state index in [1.807, 2.05) is 24.3 Å². The van der Waals surface area contributed by atoms with Crippen molar-refractivity contribution in [2.24, 2.45) is 0 Å². The smallest absolute Gasteiger partial charge is 0.166 e. The average Bonchev–Trinajstić information content (AvgIpc) is 3.36. The van der Waals surface area contributed by atoms with Crippen LogP contribution in [-0.4, -0.2) is 13.2 Å². The van der Waals surface area contributed by atoms with Crippen LogP contribution in [0.1, 0.15) is 29.5 Å². The van der Waals surface area contributed by atoms with Crippen molar-refractivity contribution in [2.75, 3.05) is 7.11 Å². The molecule has 1 aliphatic carbocycles. The third kappa shape index (κ3) is 3.60. The Bertz CT molecular complexity index is 635. The zero-order chi connectivity index (χ0) is 15.4. The van der Waals surface area contributed by atoms with Gasteiger partial charge in [-0.2, -0.15) is 0 Å². The molecule has 0 unspecified atom stereocenters. The molecule has 3 heteroatoms. The van der Waals surface area contributed by atoms with Gasteiger partial charge < -0.3 is 14.8 Å². The van der Waals surface area contributed by atoms with Crippen LogP contribution in [0.3, 0.4) is 0 Å². The first-order chi connectivity index (χ1) is 10.8. The van der Waals surface area contributed by atoms with Gasteiger partial charge in [-0.1, -0.05) is 36.4 Å². The molecule has 0 spiro atoms. The molecule has 1 N–H and O–H groups in total. The first kappa shape index (κ1) is 14.9. The van der Waals surface area contributed by atoms with Crippen molar-refractivity contribution in [1.29, 1.82) is 0 Å². The Morgan fingerprint density at radius 1 is 1.05 bits per heavy atom. The summed E-state index contributed by atoms with van der Waals surface area (Å²) >= 11 is 0. The molecule has 2 aromatic rings. The number of para-hydroxylation sites is 1. The largest absolute Gasteiger partial charge is 0.493 e. The molecule has 0 radical (unpaired) electrons. The highest BCUT2D eigenvalue weighted by Gasteiger charge is 2.21. The van der Waals surface area contributed by atoms with Gasteiger partial charge in [0.2, 0.25) is 0 Å². The number of hydrogen-bond acceptors (Lipinski definition) is 3. The van der Waals surface area contributed by atoms with Crippen molar-refractivity contribution >= 4 is 0 Å². The molecule has 0 aliphatic heterocycles. The molecule has 0 bridgehead atoms. The van der Waals surface area contributed by atoms with Crippen molar-refractivity contribution < 1.29 is 9.47 Å². The topological polar surface area (TPSA) is 30.5 Å². The predicted octanol–water partition coefficient (Wildman–Crippen LogP) is 3.83. The van der Waals surface area contributed by atoms with Gasteiger partial charge in [0.1, 0.15) is 6.61 Å². The Morgan fingerprint density at radius 2 is 1.82 bits per heavy atom. The fourth-order valence-electron chi connectivity index (χ4n) is 2.49. The van der Waals surface area contributed by atoms with Crippen LogP contribution in [0.25, 0.3) is 0 Å². The SMILES string of the molecule is COc1cccc(CNC2CC2)c1OCc1ccccc1C. The zero-order valence-corrected chi connectivity index (χ0v) is 13.3. The zero-order valence-electron chi connectivity index (χ0n) is 13.3. The van der Waals surface area contributed by atoms with Crippen molar-refractivity contribution in [3.05, 3.63) is 59.2 Å². The number of rotatable bonds is 7. The number of aryl methyl sites for hydroxylation is 1. The summed E-state index contributed by atoms with van der Waals surface area (Å²) in [5, 5.41) is 3.54. The summed E-state index contributed by atoms with van der Waals surface area (Å²) in [6.07, 6.45) is 2.56. The third-order valence-electron chi connectivity index (χ3n) is 4.07. The van der Waals surface area contributed by atoms with E-state index >= 15 is 0 Å². The maximum atomic E-state index is 6.11. The van der Waals surface area contributed by atoms with Crippen molar-refractivity contribution in [2.45, 2.75) is 39.0 Å². The van der Waals surface area contributed by atoms with Gasteiger partial charge in [-0.05, 0) is 37.0 Å². The minimum absolute atomic E-state index is 0.559. The molecule has 0 saturated heterocycles. The molecule has 0 aromatic heterocycles. The minimum atomic E-state index is 0.559. The lowest BCUT2D eigenvalue weighted by atomic mass is 10.1. The van der Waals surface area contributed by atoms with Crippen LogP contribution in [0, 0.1) is 6.92 Å². The standard InChI is InChI=1S/C19H23NO2/c1-14-6-3-4-7-16(14)13-22-19-15(12-20-17-10-11-17)8-5-9-18(19)21-2/h3-9,17,20H,10-13H2,1-2H3. The summed E-state index contributed by atoms with van der Waals surface area (Å²) < 4.78 is 11.6. The van der Waals surface area contributed by atoms with Gasteiger partial charge in [0.05, 0.1) is 7.11 Å². The average molecular weight is 297 g/mol. The highest BCUT2D eigenvalue weighted by Crippen LogP contribution is 2.32. The van der Waals surface area contributed by atoms with Gasteiger partial charge in [-0.15, -0.1) is 0 Å². The third-order valence-corrected chi connectivity index (χ3v) is 4.07. The van der Waals surface area contributed by atoms with Crippen LogP contribution in [0.5, 0.6) is 11.5 Å². The maximum absolute atomic E-state index is 6.11. The summed E-state index contributed by atoms with van der Waals surface area (Å²) in [5.41, 5.74) is 3.60. The highest BCUT2D eigenvalue weighted by molar-refractivity contribution is 5.47. The first-order valence-electron chi connectivity index (χ1n) is 7.84. The van der Waals surface area contributed by atoms with E-state index in [1.165, 1.54) is 24.0 Å². The minimum Gasteiger partial charge on any atom is -0.493 e. The van der Waals surface area contributed by atoms with Gasteiger partial charge in [0, 0.05) is 18.2 Å². The van der Waals surface area contributed by atoms with Crippen molar-refractivity contribution in [3.63, 3.8) is 0 Å². The molecule has 0 heterocycles. The Labute approximate surface area is 132 Å². The van der Waals surface area contributed by atoms with Gasteiger partial charge >= 0.3 is 0 Å². The Hall–Kier alpha value is -2.00. The van der Waals surface area contributed by atoms with E-state index in [2.05, 4.69) is 30.4 Å². The van der Waals surface area contributed by atoms with Crippen molar-refractivity contribution in [1.82, 2.24) is 5.32 Å². The number of benzene rings is 2. The fourth-order valence-corrected chi connectivity index (χ4v) is 2.49. The fraction of sp³-hybridized carbons (Fsp3) is 0.368. The Kier molecular flexibility index (Phi) is 4.64. The van der Waals surface area contributed by atoms with E-state index in [9.17, 15) is 0 Å². The molecular weight excluding hydrogens is 274 g/mol. The number of ether oxygens (including phenoxy) is 2. The molecule has 2 aromatic carbocycles. The van der Waals surface area contributed by atoms with Crippen LogP contribution >= 0.6 is 0 Å². The van der Waals surface area contributed by atoms with Crippen LogP contribution in [0.4, 0.5) is 0 Å². The molecule has 1 fully saturated rings. The molecule has 0 atom stereocenters. The molecule has 1 aliphatic rings. The summed E-state index contributed by atoms with van der Waals surface area (Å²) in [6.45, 7) is 3.49. The predicted molar refractivity (Wildman–Crippen MR) is 88.4 cm³/mol. The molecule has 1 saturated carbocycles. The van der Waals surface area contributed by atoms with Crippen LogP contribution in [-0.2, 0) is 13.2 Å². The first-order valence-corrected chi connectivity index (χ1v) is 7.84. The van der Waals surface area contributed by atoms with E-state index < -0.39 is 0 Å². The number of hydrogen-bond donors (Lipinski definition) is 1. The molecule has 116 valence electrons. The summed E-state index contributed by atoms with van der Waals surface area (Å²) in [5.74, 6) is 1.64. The van der Waals surface area contributed by atoms with E-state index in [-0.39, 0.29) is 0 Å². The monoisotopic (exact) mass is 297 g/mol. The second-order valence-electron chi connectivity index (χ2n) is 5.82. The molecule has 22 heavy (non-hydrogen) atoms. The lowest BCUT2D eigenvalue weighted by molar-refractivity contribution is 0.280. The lowest BCUT2D eigenvalue weighted by Gasteiger charge is -2.16. The summed E-state index contributed by atoms with van der Waals surface area (Å²) in [4.78, 5) is 0. The maximum Gasteiger partial charge on any atom is 0.166 e. The van der Waals surface area contributed by atoms with Gasteiger partial charge in [-0.3, -0.25) is 0 Å². The van der Waals surface area contributed by atoms with E-state index in [1.54, 1.807) is 7.11 Å². The van der Waals surface area contributed by atoms with Crippen LogP contribution in [0.2, 0.25) is 0 Å². The number of nitrogens with one attached hydrogen (secondary N) is 1. The van der Waals surface area contributed by atoms with Gasteiger partial charge in [0.15, 0.2) is 11.5 Å². The van der Waals surface area contributed by atoms with E-state index in [4.69, 9.17) is 9.47 Å². The molecule has 0 amide bonds. The Balaban J connectivity index is 1.76.